The van der Waals surface area contributed by atoms with Crippen molar-refractivity contribution in [1.82, 2.24) is 4.90 Å². The Kier molecular flexibility index (Phi) is 7.13. The van der Waals surface area contributed by atoms with E-state index in [0.717, 1.165) is 16.9 Å². The smallest absolute Gasteiger partial charge is 0.307 e. The van der Waals surface area contributed by atoms with Crippen LogP contribution >= 0.6 is 0 Å². The summed E-state index contributed by atoms with van der Waals surface area (Å²) in [6, 6.07) is 18.2. The molecule has 0 aliphatic heterocycles. The molecule has 1 saturated carbocycles. The third-order valence-electron chi connectivity index (χ3n) is 5.68. The molecule has 7 heteroatoms. The normalized spacial score (nSPS) is 14.1. The van der Waals surface area contributed by atoms with Gasteiger partial charge in [-0.3, -0.25) is 9.59 Å². The van der Waals surface area contributed by atoms with Gasteiger partial charge in [0.05, 0.1) is 25.8 Å². The van der Waals surface area contributed by atoms with Crippen molar-refractivity contribution in [2.24, 2.45) is 0 Å². The fraction of sp³-hybridized carbons (Fsp3) is 0.259. The van der Waals surface area contributed by atoms with E-state index < -0.39 is 11.7 Å². The minimum atomic E-state index is -1.16. The van der Waals surface area contributed by atoms with Gasteiger partial charge in [0.15, 0.2) is 0 Å². The maximum Gasteiger partial charge on any atom is 0.307 e. The van der Waals surface area contributed by atoms with Crippen molar-refractivity contribution in [3.05, 3.63) is 90.2 Å². The van der Waals surface area contributed by atoms with Gasteiger partial charge in [0.2, 0.25) is 0 Å². The number of amides is 1. The van der Waals surface area contributed by atoms with Gasteiger partial charge in [-0.15, -0.1) is 0 Å². The first kappa shape index (κ1) is 23.3. The summed E-state index contributed by atoms with van der Waals surface area (Å²) in [5, 5.41) is 19.6. The Morgan fingerprint density at radius 1 is 1.03 bits per heavy atom. The van der Waals surface area contributed by atoms with Crippen LogP contribution < -0.4 is 4.74 Å². The summed E-state index contributed by atoms with van der Waals surface area (Å²) in [6.45, 7) is 0.583. The molecule has 1 aromatic heterocycles. The second-order valence-corrected chi connectivity index (χ2v) is 8.24. The number of ether oxygens (including phenoxy) is 1. The highest BCUT2D eigenvalue weighted by atomic mass is 16.5. The number of carboxylic acid groups (broad SMARTS) is 1. The lowest BCUT2D eigenvalue weighted by Crippen LogP contribution is -2.41. The van der Waals surface area contributed by atoms with Crippen molar-refractivity contribution in [1.29, 1.82) is 0 Å². The highest BCUT2D eigenvalue weighted by molar-refractivity contribution is 5.95. The SMILES string of the molecule is O=C(O)C/C=C\CCOc1ccccc1CN(C(=O)c1ccc(-c2ccco2)cc1)C1(O)CC1. The quantitative estimate of drug-likeness (QED) is 0.240. The molecule has 0 spiro atoms. The van der Waals surface area contributed by atoms with Gasteiger partial charge in [0, 0.05) is 16.7 Å². The van der Waals surface area contributed by atoms with Crippen molar-refractivity contribution in [2.45, 2.75) is 38.0 Å². The molecule has 1 fully saturated rings. The van der Waals surface area contributed by atoms with Crippen LogP contribution in [0.4, 0.5) is 0 Å². The van der Waals surface area contributed by atoms with E-state index in [1.807, 2.05) is 48.5 Å². The fourth-order valence-corrected chi connectivity index (χ4v) is 3.65. The molecule has 1 heterocycles. The van der Waals surface area contributed by atoms with E-state index in [1.165, 1.54) is 4.90 Å². The van der Waals surface area contributed by atoms with Crippen LogP contribution in [0.5, 0.6) is 5.75 Å². The van der Waals surface area contributed by atoms with Crippen LogP contribution in [0.2, 0.25) is 0 Å². The molecule has 176 valence electrons. The topological polar surface area (TPSA) is 100 Å². The molecule has 3 aromatic rings. The predicted molar refractivity (Wildman–Crippen MR) is 126 cm³/mol. The average molecular weight is 462 g/mol. The van der Waals surface area contributed by atoms with E-state index in [-0.39, 0.29) is 18.9 Å². The van der Waals surface area contributed by atoms with Crippen LogP contribution in [0.3, 0.4) is 0 Å². The van der Waals surface area contributed by atoms with Crippen LogP contribution in [0.1, 0.15) is 41.6 Å². The Bertz CT molecular complexity index is 1150. The number of furan rings is 1. The van der Waals surface area contributed by atoms with Crippen LogP contribution in [-0.2, 0) is 11.3 Å². The zero-order chi connectivity index (χ0) is 24.0. The molecule has 0 saturated heterocycles. The largest absolute Gasteiger partial charge is 0.493 e. The number of rotatable bonds is 11. The average Bonchev–Trinajstić information content (AvgIpc) is 3.35. The van der Waals surface area contributed by atoms with Crippen LogP contribution in [0, 0.1) is 0 Å². The highest BCUT2D eigenvalue weighted by Crippen LogP contribution is 2.41. The van der Waals surface area contributed by atoms with Gasteiger partial charge in [0.25, 0.3) is 5.91 Å². The first-order valence-corrected chi connectivity index (χ1v) is 11.2. The molecule has 1 aliphatic carbocycles. The molecule has 2 N–H and O–H groups in total. The zero-order valence-corrected chi connectivity index (χ0v) is 18.7. The minimum Gasteiger partial charge on any atom is -0.493 e. The van der Waals surface area contributed by atoms with E-state index in [4.69, 9.17) is 14.3 Å². The van der Waals surface area contributed by atoms with Crippen molar-refractivity contribution in [3.63, 3.8) is 0 Å². The summed E-state index contributed by atoms with van der Waals surface area (Å²) >= 11 is 0. The molecule has 0 radical (unpaired) electrons. The van der Waals surface area contributed by atoms with Gasteiger partial charge in [0.1, 0.15) is 17.2 Å². The lowest BCUT2D eigenvalue weighted by Gasteiger charge is -2.29. The van der Waals surface area contributed by atoms with E-state index in [0.29, 0.717) is 37.2 Å². The van der Waals surface area contributed by atoms with E-state index >= 15 is 0 Å². The molecule has 7 nitrogen and oxygen atoms in total. The van der Waals surface area contributed by atoms with Gasteiger partial charge >= 0.3 is 5.97 Å². The van der Waals surface area contributed by atoms with Crippen LogP contribution in [0.15, 0.2) is 83.5 Å². The molecule has 34 heavy (non-hydrogen) atoms. The summed E-state index contributed by atoms with van der Waals surface area (Å²) < 4.78 is 11.3. The zero-order valence-electron chi connectivity index (χ0n) is 18.7. The lowest BCUT2D eigenvalue weighted by molar-refractivity contribution is -0.136. The first-order chi connectivity index (χ1) is 16.5. The number of para-hydroxylation sites is 1. The molecule has 4 rings (SSSR count). The number of aliphatic hydroxyl groups is 1. The summed E-state index contributed by atoms with van der Waals surface area (Å²) in [7, 11) is 0. The number of benzene rings is 2. The van der Waals surface area contributed by atoms with E-state index in [9.17, 15) is 14.7 Å². The Morgan fingerprint density at radius 2 is 1.79 bits per heavy atom. The second kappa shape index (κ2) is 10.4. The van der Waals surface area contributed by atoms with Crippen LogP contribution in [-0.4, -0.2) is 39.3 Å². The van der Waals surface area contributed by atoms with E-state index in [1.54, 1.807) is 30.5 Å². The third-order valence-corrected chi connectivity index (χ3v) is 5.68. The number of aliphatic carboxylic acids is 1. The Balaban J connectivity index is 1.46. The van der Waals surface area contributed by atoms with Gasteiger partial charge in [-0.05, 0) is 49.6 Å². The summed E-state index contributed by atoms with van der Waals surface area (Å²) in [4.78, 5) is 25.5. The molecule has 2 aromatic carbocycles. The van der Waals surface area contributed by atoms with Gasteiger partial charge in [-0.2, -0.15) is 0 Å². The number of hydrogen-bond donors (Lipinski definition) is 2. The molecule has 0 bridgehead atoms. The van der Waals surface area contributed by atoms with Crippen LogP contribution in [0.25, 0.3) is 11.3 Å². The van der Waals surface area contributed by atoms with Crippen molar-refractivity contribution < 1.29 is 29.0 Å². The Labute approximate surface area is 197 Å². The predicted octanol–water partition coefficient (Wildman–Crippen LogP) is 4.87. The summed E-state index contributed by atoms with van der Waals surface area (Å²) in [6.07, 6.45) is 6.57. The summed E-state index contributed by atoms with van der Waals surface area (Å²) in [5.74, 6) is 0.225. The molecule has 0 atom stereocenters. The third kappa shape index (κ3) is 5.74. The number of nitrogens with zero attached hydrogens (tertiary/aromatic N) is 1. The number of carbonyl (C=O) groups excluding carboxylic acids is 1. The molecule has 1 amide bonds. The maximum atomic E-state index is 13.4. The highest BCUT2D eigenvalue weighted by Gasteiger charge is 2.49. The van der Waals surface area contributed by atoms with Gasteiger partial charge < -0.3 is 24.3 Å². The molecule has 1 aliphatic rings. The number of carbonyl (C=O) groups is 2. The minimum absolute atomic E-state index is 0.0191. The van der Waals surface area contributed by atoms with Gasteiger partial charge in [-0.25, -0.2) is 0 Å². The second-order valence-electron chi connectivity index (χ2n) is 8.24. The molecular formula is C27H27NO6. The van der Waals surface area contributed by atoms with Crippen molar-refractivity contribution in [2.75, 3.05) is 6.61 Å². The maximum absolute atomic E-state index is 13.4. The summed E-state index contributed by atoms with van der Waals surface area (Å²) in [5.41, 5.74) is 0.980. The van der Waals surface area contributed by atoms with Crippen molar-refractivity contribution in [3.8, 4) is 17.1 Å². The van der Waals surface area contributed by atoms with Gasteiger partial charge in [-0.1, -0.05) is 42.5 Å². The first-order valence-electron chi connectivity index (χ1n) is 11.2. The molecular weight excluding hydrogens is 434 g/mol. The molecule has 0 unspecified atom stereocenters. The lowest BCUT2D eigenvalue weighted by atomic mass is 10.1. The standard InChI is InChI=1S/C27H27NO6/c29-25(30)10-2-1-5-17-33-24-8-4-3-7-22(24)19-28(27(32)15-16-27)26(31)21-13-11-20(12-14-21)23-9-6-18-34-23/h1-4,6-9,11-14,18,32H,5,10,15-17,19H2,(H,29,30)/b2-1-. The number of hydrogen-bond acceptors (Lipinski definition) is 5. The number of carboxylic acids is 1. The fourth-order valence-electron chi connectivity index (χ4n) is 3.65. The van der Waals surface area contributed by atoms with E-state index in [2.05, 4.69) is 0 Å². The monoisotopic (exact) mass is 461 g/mol. The van der Waals surface area contributed by atoms with Crippen molar-refractivity contribution >= 4 is 11.9 Å². The Hall–Kier alpha value is -3.84. The Morgan fingerprint density at radius 3 is 2.47 bits per heavy atom.